The van der Waals surface area contributed by atoms with Crippen LogP contribution in [0.15, 0.2) is 217 Å². The number of hydrogen-bond acceptors (Lipinski definition) is 1. The number of nitrogens with zero attached hydrogens (tertiary/aromatic N) is 3. The maximum absolute atomic E-state index is 6.61. The molecule has 3 aromatic heterocycles. The van der Waals surface area contributed by atoms with Crippen LogP contribution in [-0.2, 0) is 0 Å². The summed E-state index contributed by atoms with van der Waals surface area (Å²) in [6.07, 6.45) is 0. The first-order valence-corrected chi connectivity index (χ1v) is 20.5. The Kier molecular flexibility index (Phi) is 6.98. The van der Waals surface area contributed by atoms with Crippen LogP contribution in [0.4, 0.5) is 0 Å². The zero-order valence-corrected chi connectivity index (χ0v) is 32.5. The highest BCUT2D eigenvalue weighted by Gasteiger charge is 2.19. The predicted molar refractivity (Wildman–Crippen MR) is 252 cm³/mol. The topological polar surface area (TPSA) is 27.9 Å². The average Bonchev–Trinajstić information content (AvgIpc) is 3.85. The van der Waals surface area contributed by atoms with Gasteiger partial charge in [0.05, 0.1) is 28.1 Å². The van der Waals surface area contributed by atoms with Gasteiger partial charge in [-0.25, -0.2) is 0 Å². The van der Waals surface area contributed by atoms with Gasteiger partial charge >= 0.3 is 0 Å². The Balaban J connectivity index is 1.22. The molecule has 4 heteroatoms. The summed E-state index contributed by atoms with van der Waals surface area (Å²) in [5.74, 6) is 0. The molecule has 0 unspecified atom stereocenters. The molecule has 8 bridgehead atoms. The SMILES string of the molecule is c1ccc2c(-n3c4cccc(c4)c4cccc(c4)n(-c4cccc5c6ccccc6n(-c6cccc7ccccc67)c45)c4ccc5oc6ccc3cc6c5c4)cccc2c1. The standard InChI is InChI=1S/C56H35N3O/c1-3-20-44-36(12-1)14-9-25-50(44)57-40-18-7-16-38(32-40)39-17-8-19-41(33-39)58(43-29-31-55-49(35-43)48-34-42(57)28-30-54(48)60-55)53-27-11-23-47-46-22-5-6-24-52(46)59(56(47)53)51-26-10-15-37-13-2-4-21-45(37)51/h1-35H. The summed E-state index contributed by atoms with van der Waals surface area (Å²) in [5, 5.41) is 11.6. The minimum Gasteiger partial charge on any atom is -0.456 e. The lowest BCUT2D eigenvalue weighted by Crippen LogP contribution is -2.02. The van der Waals surface area contributed by atoms with E-state index in [0.717, 1.165) is 77.4 Å². The third-order valence-electron chi connectivity index (χ3n) is 12.4. The second-order valence-corrected chi connectivity index (χ2v) is 15.8. The van der Waals surface area contributed by atoms with Crippen LogP contribution in [0.2, 0.25) is 0 Å². The summed E-state index contributed by atoms with van der Waals surface area (Å²) in [6, 6.07) is 77.3. The second kappa shape index (κ2) is 12.7. The van der Waals surface area contributed by atoms with Crippen molar-refractivity contribution in [1.29, 1.82) is 0 Å². The van der Waals surface area contributed by atoms with Gasteiger partial charge in [0.15, 0.2) is 0 Å². The van der Waals surface area contributed by atoms with Gasteiger partial charge in [0.1, 0.15) is 11.2 Å². The Morgan fingerprint density at radius 1 is 0.267 bits per heavy atom. The van der Waals surface area contributed by atoms with Crippen molar-refractivity contribution in [3.63, 3.8) is 0 Å². The summed E-state index contributed by atoms with van der Waals surface area (Å²) in [6.45, 7) is 0. The van der Waals surface area contributed by atoms with Gasteiger partial charge in [-0.1, -0.05) is 127 Å². The smallest absolute Gasteiger partial charge is 0.135 e. The maximum Gasteiger partial charge on any atom is 0.135 e. The van der Waals surface area contributed by atoms with Crippen molar-refractivity contribution in [3.8, 4) is 17.1 Å². The van der Waals surface area contributed by atoms with Gasteiger partial charge in [-0.05, 0) is 106 Å². The Labute approximate surface area is 344 Å². The first kappa shape index (κ1) is 32.9. The molecule has 60 heavy (non-hydrogen) atoms. The molecule has 0 aliphatic rings. The molecule has 4 nitrogen and oxygen atoms in total. The number of furan rings is 1. The molecule has 0 radical (unpaired) electrons. The van der Waals surface area contributed by atoms with Gasteiger partial charge in [-0.15, -0.1) is 0 Å². The number of aromatic nitrogens is 3. The van der Waals surface area contributed by atoms with Gasteiger partial charge < -0.3 is 18.1 Å². The number of rotatable bonds is 3. The van der Waals surface area contributed by atoms with Gasteiger partial charge in [-0.2, -0.15) is 0 Å². The first-order chi connectivity index (χ1) is 29.7. The van der Waals surface area contributed by atoms with Crippen LogP contribution in [0.3, 0.4) is 0 Å². The summed E-state index contributed by atoms with van der Waals surface area (Å²) >= 11 is 0. The van der Waals surface area contributed by atoms with E-state index < -0.39 is 0 Å². The average molecular weight is 766 g/mol. The van der Waals surface area contributed by atoms with E-state index in [0.29, 0.717) is 0 Å². The van der Waals surface area contributed by atoms with Crippen molar-refractivity contribution in [2.45, 2.75) is 0 Å². The van der Waals surface area contributed by atoms with Crippen LogP contribution in [0, 0.1) is 0 Å². The minimum atomic E-state index is 0.855. The fourth-order valence-electron chi connectivity index (χ4n) is 9.77. The molecule has 0 aliphatic carbocycles. The highest BCUT2D eigenvalue weighted by Crippen LogP contribution is 2.40. The normalized spacial score (nSPS) is 12.0. The van der Waals surface area contributed by atoms with Crippen LogP contribution >= 0.6 is 0 Å². The fourth-order valence-corrected chi connectivity index (χ4v) is 9.77. The Morgan fingerprint density at radius 2 is 0.700 bits per heavy atom. The quantitative estimate of drug-likeness (QED) is 0.176. The molecule has 13 aromatic rings. The molecule has 0 saturated carbocycles. The fraction of sp³-hybridized carbons (Fsp3) is 0. The molecule has 10 aromatic carbocycles. The van der Waals surface area contributed by atoms with E-state index in [2.05, 4.69) is 226 Å². The lowest BCUT2D eigenvalue weighted by Gasteiger charge is -2.17. The number of benzene rings is 10. The van der Waals surface area contributed by atoms with Crippen molar-refractivity contribution in [3.05, 3.63) is 212 Å². The monoisotopic (exact) mass is 765 g/mol. The summed E-state index contributed by atoms with van der Waals surface area (Å²) < 4.78 is 13.9. The van der Waals surface area contributed by atoms with E-state index in [1.54, 1.807) is 0 Å². The van der Waals surface area contributed by atoms with Crippen LogP contribution < -0.4 is 0 Å². The van der Waals surface area contributed by atoms with Crippen LogP contribution in [0.1, 0.15) is 0 Å². The summed E-state index contributed by atoms with van der Waals surface area (Å²) in [4.78, 5) is 0. The largest absolute Gasteiger partial charge is 0.456 e. The third kappa shape index (κ3) is 4.85. The molecule has 0 N–H and O–H groups in total. The highest BCUT2D eigenvalue weighted by molar-refractivity contribution is 6.14. The second-order valence-electron chi connectivity index (χ2n) is 15.8. The van der Waals surface area contributed by atoms with Crippen molar-refractivity contribution in [2.24, 2.45) is 0 Å². The molecular weight excluding hydrogens is 731 g/mol. The molecule has 13 rings (SSSR count). The van der Waals surface area contributed by atoms with Crippen LogP contribution in [-0.4, -0.2) is 13.7 Å². The van der Waals surface area contributed by atoms with Crippen LogP contribution in [0.25, 0.3) is 115 Å². The zero-order chi connectivity index (χ0) is 39.3. The molecule has 3 heterocycles. The number of para-hydroxylation sites is 2. The summed E-state index contributed by atoms with van der Waals surface area (Å²) in [7, 11) is 0. The molecule has 0 fully saturated rings. The Bertz CT molecular complexity index is 3960. The lowest BCUT2D eigenvalue weighted by atomic mass is 10.1. The summed E-state index contributed by atoms with van der Waals surface area (Å²) in [5.41, 5.74) is 11.7. The zero-order valence-electron chi connectivity index (χ0n) is 32.5. The highest BCUT2D eigenvalue weighted by atomic mass is 16.3. The minimum absolute atomic E-state index is 0.855. The molecule has 0 saturated heterocycles. The van der Waals surface area contributed by atoms with Gasteiger partial charge in [-0.3, -0.25) is 0 Å². The van der Waals surface area contributed by atoms with Crippen molar-refractivity contribution >= 4 is 98.1 Å². The van der Waals surface area contributed by atoms with Gasteiger partial charge in [0.2, 0.25) is 0 Å². The van der Waals surface area contributed by atoms with E-state index in [1.165, 1.54) is 37.8 Å². The van der Waals surface area contributed by atoms with Crippen molar-refractivity contribution < 1.29 is 4.42 Å². The Morgan fingerprint density at radius 3 is 1.33 bits per heavy atom. The Hall–Kier alpha value is -8.08. The van der Waals surface area contributed by atoms with Crippen LogP contribution in [0.5, 0.6) is 0 Å². The van der Waals surface area contributed by atoms with E-state index in [9.17, 15) is 0 Å². The van der Waals surface area contributed by atoms with E-state index >= 15 is 0 Å². The van der Waals surface area contributed by atoms with Crippen molar-refractivity contribution in [2.75, 3.05) is 0 Å². The molecule has 0 atom stereocenters. The van der Waals surface area contributed by atoms with Gasteiger partial charge in [0.25, 0.3) is 0 Å². The van der Waals surface area contributed by atoms with E-state index in [-0.39, 0.29) is 0 Å². The predicted octanol–water partition coefficient (Wildman–Crippen LogP) is 15.2. The first-order valence-electron chi connectivity index (χ1n) is 20.5. The maximum atomic E-state index is 6.61. The van der Waals surface area contributed by atoms with Crippen molar-refractivity contribution in [1.82, 2.24) is 13.7 Å². The molecular formula is C56H35N3O. The third-order valence-corrected chi connectivity index (χ3v) is 12.4. The molecule has 0 amide bonds. The molecule has 0 spiro atoms. The number of fused-ring (bicyclic) bond motifs is 12. The van der Waals surface area contributed by atoms with Gasteiger partial charge in [0, 0.05) is 54.4 Å². The molecule has 0 aliphatic heterocycles. The number of hydrogen-bond donors (Lipinski definition) is 0. The molecule has 280 valence electrons. The van der Waals surface area contributed by atoms with E-state index in [4.69, 9.17) is 4.42 Å². The van der Waals surface area contributed by atoms with E-state index in [1.807, 2.05) is 0 Å². The lowest BCUT2D eigenvalue weighted by molar-refractivity contribution is 0.669.